The number of hydrogen-bond donors (Lipinski definition) is 1. The molecule has 3 rings (SSSR count). The summed E-state index contributed by atoms with van der Waals surface area (Å²) >= 11 is 0. The summed E-state index contributed by atoms with van der Waals surface area (Å²) < 4.78 is 4.99. The second-order valence-corrected chi connectivity index (χ2v) is 8.42. The van der Waals surface area contributed by atoms with E-state index in [0.717, 1.165) is 18.4 Å². The maximum absolute atomic E-state index is 12.0. The molecule has 2 aromatic rings. The molecule has 0 radical (unpaired) electrons. The van der Waals surface area contributed by atoms with E-state index in [1.807, 2.05) is 12.1 Å². The first-order chi connectivity index (χ1) is 12.7. The molecule has 1 N–H and O–H groups in total. The molecule has 3 heteroatoms. The first-order valence-corrected chi connectivity index (χ1v) is 9.30. The molecule has 0 spiro atoms. The van der Waals surface area contributed by atoms with Gasteiger partial charge in [0.1, 0.15) is 0 Å². The molecule has 0 bridgehead atoms. The van der Waals surface area contributed by atoms with Gasteiger partial charge in [0, 0.05) is 5.56 Å². The Labute approximate surface area is 161 Å². The highest BCUT2D eigenvalue weighted by atomic mass is 16.6. The van der Waals surface area contributed by atoms with Crippen LogP contribution in [-0.4, -0.2) is 17.4 Å². The van der Waals surface area contributed by atoms with Crippen LogP contribution in [-0.2, 0) is 15.6 Å². The molecule has 27 heavy (non-hydrogen) atoms. The van der Waals surface area contributed by atoms with E-state index >= 15 is 0 Å². The molecule has 0 aromatic heterocycles. The van der Waals surface area contributed by atoms with Gasteiger partial charge in [-0.15, -0.1) is 0 Å². The second kappa shape index (κ2) is 7.21. The summed E-state index contributed by atoms with van der Waals surface area (Å²) in [5, 5.41) is 9.95. The van der Waals surface area contributed by atoms with Crippen LogP contribution >= 0.6 is 0 Å². The number of hydrogen-bond acceptors (Lipinski definition) is 3. The number of benzene rings is 2. The van der Waals surface area contributed by atoms with E-state index in [1.54, 1.807) is 24.3 Å². The van der Waals surface area contributed by atoms with Gasteiger partial charge in [-0.3, -0.25) is 0 Å². The van der Waals surface area contributed by atoms with Crippen molar-refractivity contribution in [1.29, 1.82) is 0 Å². The van der Waals surface area contributed by atoms with E-state index in [2.05, 4.69) is 51.7 Å². The Kier molecular flexibility index (Phi) is 5.13. The molecule has 0 saturated heterocycles. The Morgan fingerprint density at radius 1 is 1.00 bits per heavy atom. The zero-order valence-corrected chi connectivity index (χ0v) is 16.4. The van der Waals surface area contributed by atoms with E-state index in [1.165, 1.54) is 11.1 Å². The summed E-state index contributed by atoms with van der Waals surface area (Å²) in [4.78, 5) is 12.0. The molecule has 1 atom stereocenters. The fourth-order valence-electron chi connectivity index (χ4n) is 3.58. The normalized spacial score (nSPS) is 17.8. The van der Waals surface area contributed by atoms with Crippen LogP contribution in [0.4, 0.5) is 0 Å². The highest BCUT2D eigenvalue weighted by Gasteiger charge is 2.36. The lowest BCUT2D eigenvalue weighted by Gasteiger charge is -2.41. The van der Waals surface area contributed by atoms with E-state index in [0.29, 0.717) is 5.56 Å². The van der Waals surface area contributed by atoms with Gasteiger partial charge in [-0.05, 0) is 65.0 Å². The van der Waals surface area contributed by atoms with Crippen LogP contribution in [0.25, 0.3) is 0 Å². The van der Waals surface area contributed by atoms with Crippen LogP contribution in [0.3, 0.4) is 0 Å². The number of aliphatic hydroxyl groups is 1. The van der Waals surface area contributed by atoms with Gasteiger partial charge in [-0.2, -0.15) is 0 Å². The molecule has 0 saturated carbocycles. The number of fused-ring (bicyclic) bond motifs is 1. The molecule has 0 aliphatic heterocycles. The molecule has 2 aromatic carbocycles. The summed E-state index contributed by atoms with van der Waals surface area (Å²) in [6.45, 7) is 9.07. The molecule has 1 aliphatic rings. The monoisotopic (exact) mass is 362 g/mol. The number of ether oxygens (including phenoxy) is 1. The third-order valence-electron chi connectivity index (χ3n) is 5.42. The lowest BCUT2D eigenvalue weighted by Crippen LogP contribution is -2.33. The number of carbonyl (C=O) groups is 1. The summed E-state index contributed by atoms with van der Waals surface area (Å²) in [5.41, 5.74) is 4.12. The minimum Gasteiger partial charge on any atom is -0.420 e. The van der Waals surface area contributed by atoms with Gasteiger partial charge in [-0.1, -0.05) is 57.9 Å². The van der Waals surface area contributed by atoms with Crippen molar-refractivity contribution in [3.63, 3.8) is 0 Å². The van der Waals surface area contributed by atoms with E-state index in [4.69, 9.17) is 4.74 Å². The van der Waals surface area contributed by atoms with Crippen molar-refractivity contribution in [3.8, 4) is 11.8 Å². The van der Waals surface area contributed by atoms with Gasteiger partial charge in [0.15, 0.2) is 0 Å². The number of aliphatic hydroxyl groups excluding tert-OH is 1. The maximum atomic E-state index is 12.0. The summed E-state index contributed by atoms with van der Waals surface area (Å²) in [5.74, 6) is 4.96. The van der Waals surface area contributed by atoms with Gasteiger partial charge < -0.3 is 9.84 Å². The van der Waals surface area contributed by atoms with Crippen LogP contribution in [0, 0.1) is 11.8 Å². The zero-order valence-electron chi connectivity index (χ0n) is 16.4. The zero-order chi connectivity index (χ0) is 19.7. The fourth-order valence-corrected chi connectivity index (χ4v) is 3.58. The van der Waals surface area contributed by atoms with E-state index in [9.17, 15) is 9.90 Å². The number of esters is 1. The van der Waals surface area contributed by atoms with Crippen molar-refractivity contribution < 1.29 is 14.6 Å². The fraction of sp³-hybridized carbons (Fsp3) is 0.375. The molecule has 0 heterocycles. The first-order valence-electron chi connectivity index (χ1n) is 9.30. The van der Waals surface area contributed by atoms with Gasteiger partial charge in [-0.25, -0.2) is 4.79 Å². The van der Waals surface area contributed by atoms with Crippen molar-refractivity contribution in [3.05, 3.63) is 70.8 Å². The third-order valence-corrected chi connectivity index (χ3v) is 5.42. The van der Waals surface area contributed by atoms with Crippen molar-refractivity contribution >= 4 is 5.97 Å². The van der Waals surface area contributed by atoms with E-state index in [-0.39, 0.29) is 10.8 Å². The van der Waals surface area contributed by atoms with Crippen LogP contribution in [0.2, 0.25) is 0 Å². The molecule has 0 amide bonds. The molecule has 0 fully saturated rings. The molecule has 1 unspecified atom stereocenters. The summed E-state index contributed by atoms with van der Waals surface area (Å²) in [6, 6.07) is 14.8. The standard InChI is InChI=1S/C24H26O3/c1-23(2)14-15-24(3,4)20-16-17(10-12-19(20)23)11-13-21(25)27-22(26)18-8-6-5-7-9-18/h5-10,12,16,21,25H,14-15H2,1-4H3. The highest BCUT2D eigenvalue weighted by Crippen LogP contribution is 2.45. The Morgan fingerprint density at radius 2 is 1.63 bits per heavy atom. The van der Waals surface area contributed by atoms with Crippen molar-refractivity contribution in [2.24, 2.45) is 0 Å². The van der Waals surface area contributed by atoms with Crippen LogP contribution in [0.1, 0.15) is 67.6 Å². The predicted octanol–water partition coefficient (Wildman–Crippen LogP) is 4.56. The van der Waals surface area contributed by atoms with Crippen molar-refractivity contribution in [1.82, 2.24) is 0 Å². The average molecular weight is 362 g/mol. The van der Waals surface area contributed by atoms with Crippen LogP contribution in [0.5, 0.6) is 0 Å². The predicted molar refractivity (Wildman–Crippen MR) is 106 cm³/mol. The van der Waals surface area contributed by atoms with Crippen LogP contribution < -0.4 is 0 Å². The minimum absolute atomic E-state index is 0.0981. The SMILES string of the molecule is CC1(C)CCC(C)(C)c2cc(C#CC(O)OC(=O)c3ccccc3)ccc21. The van der Waals surface area contributed by atoms with Gasteiger partial charge >= 0.3 is 5.97 Å². The number of carbonyl (C=O) groups excluding carboxylic acids is 1. The number of rotatable bonds is 2. The summed E-state index contributed by atoms with van der Waals surface area (Å²) in [7, 11) is 0. The lowest BCUT2D eigenvalue weighted by molar-refractivity contribution is -0.0298. The van der Waals surface area contributed by atoms with Crippen molar-refractivity contribution in [2.45, 2.75) is 57.7 Å². The largest absolute Gasteiger partial charge is 0.420 e. The lowest BCUT2D eigenvalue weighted by atomic mass is 9.63. The molecular weight excluding hydrogens is 336 g/mol. The average Bonchev–Trinajstić information content (AvgIpc) is 2.64. The van der Waals surface area contributed by atoms with Gasteiger partial charge in [0.25, 0.3) is 6.29 Å². The van der Waals surface area contributed by atoms with Crippen molar-refractivity contribution in [2.75, 3.05) is 0 Å². The second-order valence-electron chi connectivity index (χ2n) is 8.42. The van der Waals surface area contributed by atoms with Gasteiger partial charge in [0.05, 0.1) is 5.56 Å². The highest BCUT2D eigenvalue weighted by molar-refractivity contribution is 5.89. The Bertz CT molecular complexity index is 898. The Balaban J connectivity index is 1.78. The topological polar surface area (TPSA) is 46.5 Å². The van der Waals surface area contributed by atoms with Gasteiger partial charge in [0.2, 0.25) is 0 Å². The quantitative estimate of drug-likeness (QED) is 0.484. The minimum atomic E-state index is -1.46. The van der Waals surface area contributed by atoms with E-state index < -0.39 is 12.3 Å². The molecule has 3 nitrogen and oxygen atoms in total. The molecule has 1 aliphatic carbocycles. The van der Waals surface area contributed by atoms with Crippen LogP contribution in [0.15, 0.2) is 48.5 Å². The third kappa shape index (κ3) is 4.23. The summed E-state index contributed by atoms with van der Waals surface area (Å²) in [6.07, 6.45) is 0.825. The molecule has 140 valence electrons. The Hall–Kier alpha value is -2.57. The maximum Gasteiger partial charge on any atom is 0.341 e. The first kappa shape index (κ1) is 19.2. The molecular formula is C24H26O3. The smallest absolute Gasteiger partial charge is 0.341 e. The Morgan fingerprint density at radius 3 is 2.30 bits per heavy atom.